The molecule has 1 heterocycles. The Morgan fingerprint density at radius 1 is 0.853 bits per heavy atom. The van der Waals surface area contributed by atoms with E-state index in [0.29, 0.717) is 28.3 Å². The molecule has 0 unspecified atom stereocenters. The first-order valence-electron chi connectivity index (χ1n) is 11.1. The fourth-order valence-corrected chi connectivity index (χ4v) is 4.01. The van der Waals surface area contributed by atoms with E-state index in [1.807, 2.05) is 94.4 Å². The molecule has 0 aliphatic carbocycles. The van der Waals surface area contributed by atoms with Gasteiger partial charge in [-0.1, -0.05) is 30.3 Å². The van der Waals surface area contributed by atoms with Gasteiger partial charge in [0.1, 0.15) is 11.4 Å². The topological polar surface area (TPSA) is 61.9 Å². The van der Waals surface area contributed by atoms with Crippen molar-refractivity contribution >= 4 is 34.4 Å². The zero-order chi connectivity index (χ0) is 24.6. The van der Waals surface area contributed by atoms with Crippen LogP contribution in [0.2, 0.25) is 0 Å². The Kier molecular flexibility index (Phi) is 6.16. The summed E-state index contributed by atoms with van der Waals surface area (Å²) >= 11 is 0. The van der Waals surface area contributed by atoms with E-state index in [1.54, 1.807) is 13.2 Å². The monoisotopic (exact) mass is 455 g/mol. The molecule has 6 nitrogen and oxygen atoms in total. The number of carbonyl (C=O) groups is 2. The van der Waals surface area contributed by atoms with Gasteiger partial charge in [0, 0.05) is 19.8 Å². The molecule has 0 saturated heterocycles. The van der Waals surface area contributed by atoms with Crippen LogP contribution in [0.25, 0.3) is 5.57 Å². The lowest BCUT2D eigenvalue weighted by Crippen LogP contribution is -2.32. The van der Waals surface area contributed by atoms with Gasteiger partial charge in [-0.3, -0.25) is 9.59 Å². The van der Waals surface area contributed by atoms with Crippen LogP contribution in [-0.2, 0) is 9.59 Å². The summed E-state index contributed by atoms with van der Waals surface area (Å²) in [7, 11) is 5.42. The molecule has 4 rings (SSSR count). The first-order chi connectivity index (χ1) is 16.2. The molecule has 0 bridgehead atoms. The quantitative estimate of drug-likeness (QED) is 0.525. The van der Waals surface area contributed by atoms with Gasteiger partial charge < -0.3 is 15.0 Å². The minimum atomic E-state index is -0.405. The molecular weight excluding hydrogens is 426 g/mol. The number of benzene rings is 3. The molecule has 3 aromatic rings. The van der Waals surface area contributed by atoms with Crippen LogP contribution in [0.1, 0.15) is 22.3 Å². The SMILES string of the molecule is COc1ccc(C)cc1NC1=C(c2ccc(C)c(C)c2)C(=O)N(c2cccc(N(C)C)c2)C1=O. The number of carbonyl (C=O) groups excluding carboxylic acids is 2. The van der Waals surface area contributed by atoms with Gasteiger partial charge in [0.15, 0.2) is 0 Å². The van der Waals surface area contributed by atoms with Crippen LogP contribution in [0.3, 0.4) is 0 Å². The molecule has 0 aromatic heterocycles. The number of anilines is 3. The largest absolute Gasteiger partial charge is 0.495 e. The molecule has 1 N–H and O–H groups in total. The third kappa shape index (κ3) is 4.15. The van der Waals surface area contributed by atoms with Crippen molar-refractivity contribution in [2.24, 2.45) is 0 Å². The normalized spacial score (nSPS) is 13.5. The van der Waals surface area contributed by atoms with Crippen LogP contribution in [0.15, 0.2) is 66.4 Å². The smallest absolute Gasteiger partial charge is 0.282 e. The summed E-state index contributed by atoms with van der Waals surface area (Å²) < 4.78 is 5.50. The number of hydrogen-bond donors (Lipinski definition) is 1. The summed E-state index contributed by atoms with van der Waals surface area (Å²) in [5.74, 6) is -0.179. The Hall–Kier alpha value is -4.06. The standard InChI is InChI=1S/C28H29N3O3/c1-17-10-13-24(34-6)23(14-17)29-26-25(20-12-11-18(2)19(3)15-20)27(32)31(28(26)33)22-9-7-8-21(16-22)30(4)5/h7-16,29H,1-6H3. The predicted molar refractivity (Wildman–Crippen MR) is 137 cm³/mol. The minimum Gasteiger partial charge on any atom is -0.495 e. The van der Waals surface area contributed by atoms with E-state index >= 15 is 0 Å². The van der Waals surface area contributed by atoms with Crippen LogP contribution >= 0.6 is 0 Å². The van der Waals surface area contributed by atoms with Gasteiger partial charge in [-0.05, 0) is 73.4 Å². The number of nitrogens with zero attached hydrogens (tertiary/aromatic N) is 2. The maximum absolute atomic E-state index is 13.8. The predicted octanol–water partition coefficient (Wildman–Crippen LogP) is 5.08. The Morgan fingerprint density at radius 2 is 1.62 bits per heavy atom. The fourth-order valence-electron chi connectivity index (χ4n) is 4.01. The zero-order valence-electron chi connectivity index (χ0n) is 20.4. The number of hydrogen-bond acceptors (Lipinski definition) is 5. The number of methoxy groups -OCH3 is 1. The summed E-state index contributed by atoms with van der Waals surface area (Å²) in [6, 6.07) is 18.9. The van der Waals surface area contributed by atoms with Gasteiger partial charge in [-0.15, -0.1) is 0 Å². The highest BCUT2D eigenvalue weighted by atomic mass is 16.5. The van der Waals surface area contributed by atoms with E-state index in [2.05, 4.69) is 5.32 Å². The second kappa shape index (κ2) is 9.06. The highest BCUT2D eigenvalue weighted by molar-refractivity contribution is 6.46. The van der Waals surface area contributed by atoms with Crippen molar-refractivity contribution in [1.29, 1.82) is 0 Å². The lowest BCUT2D eigenvalue weighted by atomic mass is 9.99. The fraction of sp³-hybridized carbons (Fsp3) is 0.214. The number of amides is 2. The minimum absolute atomic E-state index is 0.229. The summed E-state index contributed by atoms with van der Waals surface area (Å²) in [4.78, 5) is 30.7. The number of rotatable bonds is 6. The summed E-state index contributed by atoms with van der Waals surface area (Å²) in [6.45, 7) is 5.98. The van der Waals surface area contributed by atoms with Crippen molar-refractivity contribution in [2.45, 2.75) is 20.8 Å². The van der Waals surface area contributed by atoms with E-state index < -0.39 is 5.91 Å². The number of imide groups is 1. The number of aryl methyl sites for hydroxylation is 3. The van der Waals surface area contributed by atoms with E-state index in [9.17, 15) is 9.59 Å². The van der Waals surface area contributed by atoms with Crippen molar-refractivity contribution in [3.63, 3.8) is 0 Å². The van der Waals surface area contributed by atoms with Gasteiger partial charge >= 0.3 is 0 Å². The van der Waals surface area contributed by atoms with Crippen LogP contribution in [-0.4, -0.2) is 33.0 Å². The summed E-state index contributed by atoms with van der Waals surface area (Å²) in [5, 5.41) is 3.23. The van der Waals surface area contributed by atoms with Crippen molar-refractivity contribution in [1.82, 2.24) is 0 Å². The maximum atomic E-state index is 13.8. The third-order valence-electron chi connectivity index (χ3n) is 6.10. The van der Waals surface area contributed by atoms with Gasteiger partial charge in [0.25, 0.3) is 11.8 Å². The van der Waals surface area contributed by atoms with E-state index in [1.165, 1.54) is 4.90 Å². The van der Waals surface area contributed by atoms with E-state index in [0.717, 1.165) is 22.4 Å². The first kappa shape index (κ1) is 23.1. The van der Waals surface area contributed by atoms with Crippen LogP contribution in [0, 0.1) is 20.8 Å². The van der Waals surface area contributed by atoms with Crippen LogP contribution in [0.4, 0.5) is 17.1 Å². The zero-order valence-corrected chi connectivity index (χ0v) is 20.4. The third-order valence-corrected chi connectivity index (χ3v) is 6.10. The summed E-state index contributed by atoms with van der Waals surface area (Å²) in [6.07, 6.45) is 0. The first-order valence-corrected chi connectivity index (χ1v) is 11.1. The number of nitrogens with one attached hydrogen (secondary N) is 1. The van der Waals surface area contributed by atoms with Crippen molar-refractivity contribution in [2.75, 3.05) is 36.3 Å². The van der Waals surface area contributed by atoms with Crippen molar-refractivity contribution in [3.8, 4) is 5.75 Å². The second-order valence-corrected chi connectivity index (χ2v) is 8.74. The molecule has 0 atom stereocenters. The van der Waals surface area contributed by atoms with Gasteiger partial charge in [0.05, 0.1) is 24.1 Å². The molecule has 0 fully saturated rings. The molecule has 1 aliphatic heterocycles. The second-order valence-electron chi connectivity index (χ2n) is 8.74. The van der Waals surface area contributed by atoms with Crippen molar-refractivity contribution in [3.05, 3.63) is 88.6 Å². The molecule has 174 valence electrons. The average molecular weight is 456 g/mol. The van der Waals surface area contributed by atoms with Gasteiger partial charge in [0.2, 0.25) is 0 Å². The van der Waals surface area contributed by atoms with Crippen LogP contribution in [0.5, 0.6) is 5.75 Å². The van der Waals surface area contributed by atoms with Crippen molar-refractivity contribution < 1.29 is 14.3 Å². The van der Waals surface area contributed by atoms with Gasteiger partial charge in [-0.25, -0.2) is 4.90 Å². The summed E-state index contributed by atoms with van der Waals surface area (Å²) in [5.41, 5.74) is 6.48. The van der Waals surface area contributed by atoms with Gasteiger partial charge in [-0.2, -0.15) is 0 Å². The molecule has 6 heteroatoms. The highest BCUT2D eigenvalue weighted by Gasteiger charge is 2.40. The Morgan fingerprint density at radius 3 is 2.29 bits per heavy atom. The highest BCUT2D eigenvalue weighted by Crippen LogP contribution is 2.37. The Labute approximate surface area is 200 Å². The molecule has 1 aliphatic rings. The molecule has 0 saturated carbocycles. The van der Waals surface area contributed by atoms with E-state index in [-0.39, 0.29) is 11.6 Å². The lowest BCUT2D eigenvalue weighted by Gasteiger charge is -2.19. The molecule has 0 radical (unpaired) electrons. The van der Waals surface area contributed by atoms with Crippen LogP contribution < -0.4 is 19.9 Å². The number of ether oxygens (including phenoxy) is 1. The molecule has 2 amide bonds. The molecule has 3 aromatic carbocycles. The average Bonchev–Trinajstić information content (AvgIpc) is 3.05. The molecule has 34 heavy (non-hydrogen) atoms. The Balaban J connectivity index is 1.87. The Bertz CT molecular complexity index is 1320. The maximum Gasteiger partial charge on any atom is 0.282 e. The molecule has 0 spiro atoms. The van der Waals surface area contributed by atoms with E-state index in [4.69, 9.17) is 4.74 Å². The molecular formula is C28H29N3O3. The lowest BCUT2D eigenvalue weighted by molar-refractivity contribution is -0.120.